The van der Waals surface area contributed by atoms with Crippen molar-refractivity contribution in [2.45, 2.75) is 6.04 Å². The lowest BCUT2D eigenvalue weighted by Gasteiger charge is -2.33. The highest BCUT2D eigenvalue weighted by molar-refractivity contribution is 6.26. The van der Waals surface area contributed by atoms with Crippen LogP contribution < -0.4 is 9.48 Å². The van der Waals surface area contributed by atoms with Gasteiger partial charge < -0.3 is 13.9 Å². The van der Waals surface area contributed by atoms with Crippen LogP contribution in [0.5, 0.6) is 0 Å². The predicted octanol–water partition coefficient (Wildman–Crippen LogP) is 10.4. The molecule has 0 N–H and O–H groups in total. The molecule has 0 radical (unpaired) electrons. The number of allylic oxidation sites excluding steroid dienone is 2. The molecule has 2 aromatic heterocycles. The Kier molecular flexibility index (Phi) is 4.60. The van der Waals surface area contributed by atoms with Crippen molar-refractivity contribution < 1.29 is 4.42 Å². The van der Waals surface area contributed by atoms with Crippen LogP contribution in [0.3, 0.4) is 0 Å². The largest absolute Gasteiger partial charge is 0.456 e. The van der Waals surface area contributed by atoms with Gasteiger partial charge in [-0.05, 0) is 54.1 Å². The number of benzene rings is 6. The summed E-state index contributed by atoms with van der Waals surface area (Å²) >= 11 is 0. The number of fused-ring (bicyclic) bond motifs is 12. The highest BCUT2D eigenvalue weighted by Gasteiger charge is 2.49. The Hall–Kier alpha value is -6.13. The lowest BCUT2D eigenvalue weighted by molar-refractivity contribution is 0.669. The normalized spacial score (nSPS) is 16.4. The van der Waals surface area contributed by atoms with Gasteiger partial charge >= 0.3 is 0 Å². The quantitative estimate of drug-likeness (QED) is 0.188. The van der Waals surface area contributed by atoms with Crippen molar-refractivity contribution in [3.05, 3.63) is 157 Å². The van der Waals surface area contributed by atoms with E-state index < -0.39 is 0 Å². The molecule has 4 heteroatoms. The summed E-state index contributed by atoms with van der Waals surface area (Å²) in [5, 5.41) is 4.83. The van der Waals surface area contributed by atoms with Gasteiger partial charge in [0.15, 0.2) is 0 Å². The molecule has 4 nitrogen and oxygen atoms in total. The second kappa shape index (κ2) is 8.74. The number of nitrogens with zero attached hydrogens (tertiary/aromatic N) is 3. The number of furan rings is 1. The van der Waals surface area contributed by atoms with E-state index in [9.17, 15) is 0 Å². The van der Waals surface area contributed by atoms with Gasteiger partial charge in [-0.2, -0.15) is 4.58 Å². The molecule has 1 atom stereocenters. The van der Waals surface area contributed by atoms with Crippen LogP contribution in [0, 0.1) is 0 Å². The minimum absolute atomic E-state index is 0.0514. The van der Waals surface area contributed by atoms with E-state index in [1.165, 1.54) is 66.8 Å². The fourth-order valence-corrected chi connectivity index (χ4v) is 8.21. The van der Waals surface area contributed by atoms with Crippen molar-refractivity contribution in [2.75, 3.05) is 4.90 Å². The van der Waals surface area contributed by atoms with Crippen LogP contribution in [-0.4, -0.2) is 16.3 Å². The van der Waals surface area contributed by atoms with Crippen LogP contribution in [0.1, 0.15) is 5.56 Å². The lowest BCUT2D eigenvalue weighted by atomic mass is 9.92. The maximum absolute atomic E-state index is 6.38. The third-order valence-corrected chi connectivity index (χ3v) is 10.0. The number of para-hydroxylation sites is 5. The van der Waals surface area contributed by atoms with Crippen molar-refractivity contribution in [1.82, 2.24) is 9.14 Å². The van der Waals surface area contributed by atoms with Crippen molar-refractivity contribution in [3.8, 4) is 5.69 Å². The summed E-state index contributed by atoms with van der Waals surface area (Å²) < 4.78 is 11.2. The second-order valence-electron chi connectivity index (χ2n) is 12.3. The van der Waals surface area contributed by atoms with Gasteiger partial charge in [-0.15, -0.1) is 0 Å². The summed E-state index contributed by atoms with van der Waals surface area (Å²) in [4.78, 5) is 2.55. The smallest absolute Gasteiger partial charge is 0.235 e. The summed E-state index contributed by atoms with van der Waals surface area (Å²) in [6, 6.07) is 48.1. The number of aromatic nitrogens is 1. The zero-order valence-corrected chi connectivity index (χ0v) is 24.8. The Bertz CT molecular complexity index is 2700. The Labute approximate surface area is 264 Å². The Morgan fingerprint density at radius 1 is 0.630 bits per heavy atom. The molecule has 6 aromatic carbocycles. The first kappa shape index (κ1) is 24.2. The fraction of sp³-hybridized carbons (Fsp3) is 0.0238. The molecular formula is C42H26N3O+. The molecule has 214 valence electrons. The maximum atomic E-state index is 6.38. The standard InChI is InChI=1S/C42H26N3O/c1-2-11-26(12-3-1)43-33-16-6-4-13-28(33)32-25-27(21-23-34(32)43)44-35-17-7-8-18-36(35)45-41-29(15-10-19-37(41)44)30-22-24-39-40(42(30)45)31-14-5-9-20-38(31)46-39/h1-25,41H/q+1. The van der Waals surface area contributed by atoms with E-state index in [1.807, 2.05) is 6.07 Å². The SMILES string of the molecule is C1=CC2=[N+](c3ccc4c(c3)c3ccccc3n4-c3ccccc3)c3ccccc3N3c4c(ccc5oc6ccccc6c45)C(=C1)C23. The molecule has 0 saturated carbocycles. The van der Waals surface area contributed by atoms with Gasteiger partial charge in [-0.1, -0.05) is 78.9 Å². The van der Waals surface area contributed by atoms with Crippen molar-refractivity contribution in [3.63, 3.8) is 0 Å². The fourth-order valence-electron chi connectivity index (χ4n) is 8.21. The van der Waals surface area contributed by atoms with Crippen molar-refractivity contribution in [2.24, 2.45) is 0 Å². The van der Waals surface area contributed by atoms with Gasteiger partial charge in [0, 0.05) is 51.7 Å². The molecule has 1 unspecified atom stereocenters. The molecule has 4 heterocycles. The summed E-state index contributed by atoms with van der Waals surface area (Å²) in [7, 11) is 0. The highest BCUT2D eigenvalue weighted by Crippen LogP contribution is 2.55. The first-order chi connectivity index (χ1) is 22.8. The molecule has 0 spiro atoms. The average molecular weight is 589 g/mol. The zero-order chi connectivity index (χ0) is 29.9. The number of anilines is 2. The van der Waals surface area contributed by atoms with Crippen molar-refractivity contribution in [1.29, 1.82) is 0 Å². The Morgan fingerprint density at radius 3 is 2.35 bits per heavy atom. The summed E-state index contributed by atoms with van der Waals surface area (Å²) in [5.41, 5.74) is 14.0. The molecule has 0 bridgehead atoms. The van der Waals surface area contributed by atoms with E-state index in [0.717, 1.165) is 22.2 Å². The van der Waals surface area contributed by atoms with Gasteiger partial charge in [0.1, 0.15) is 22.9 Å². The summed E-state index contributed by atoms with van der Waals surface area (Å²) in [6.45, 7) is 0. The van der Waals surface area contributed by atoms with Crippen LogP contribution in [0.15, 0.2) is 156 Å². The van der Waals surface area contributed by atoms with Gasteiger partial charge in [0.2, 0.25) is 17.1 Å². The van der Waals surface area contributed by atoms with Crippen LogP contribution in [-0.2, 0) is 0 Å². The van der Waals surface area contributed by atoms with Crippen LogP contribution >= 0.6 is 0 Å². The summed E-state index contributed by atoms with van der Waals surface area (Å²) in [5.74, 6) is 0. The average Bonchev–Trinajstić information content (AvgIpc) is 3.77. The monoisotopic (exact) mass is 588 g/mol. The molecule has 0 fully saturated rings. The van der Waals surface area contributed by atoms with Gasteiger partial charge in [0.05, 0.1) is 22.1 Å². The molecule has 0 saturated heterocycles. The van der Waals surface area contributed by atoms with Crippen LogP contribution in [0.4, 0.5) is 22.7 Å². The Balaban J connectivity index is 1.19. The van der Waals surface area contributed by atoms with E-state index in [4.69, 9.17) is 4.42 Å². The summed E-state index contributed by atoms with van der Waals surface area (Å²) in [6.07, 6.45) is 6.81. The molecule has 3 aliphatic rings. The van der Waals surface area contributed by atoms with E-state index in [0.29, 0.717) is 0 Å². The first-order valence-electron chi connectivity index (χ1n) is 15.8. The number of hydrogen-bond acceptors (Lipinski definition) is 2. The molecule has 0 amide bonds. The molecule has 1 aliphatic carbocycles. The van der Waals surface area contributed by atoms with Gasteiger partial charge in [-0.25, -0.2) is 0 Å². The minimum Gasteiger partial charge on any atom is -0.456 e. The van der Waals surface area contributed by atoms with Crippen LogP contribution in [0.2, 0.25) is 0 Å². The highest BCUT2D eigenvalue weighted by atomic mass is 16.3. The maximum Gasteiger partial charge on any atom is 0.235 e. The number of rotatable bonds is 2. The molecular weight excluding hydrogens is 562 g/mol. The van der Waals surface area contributed by atoms with E-state index in [-0.39, 0.29) is 6.04 Å². The molecule has 8 aromatic rings. The molecule has 46 heavy (non-hydrogen) atoms. The first-order valence-corrected chi connectivity index (χ1v) is 15.8. The van der Waals surface area contributed by atoms with E-state index in [1.54, 1.807) is 0 Å². The van der Waals surface area contributed by atoms with E-state index >= 15 is 0 Å². The van der Waals surface area contributed by atoms with Gasteiger partial charge in [-0.3, -0.25) is 0 Å². The molecule has 2 aliphatic heterocycles. The Morgan fingerprint density at radius 2 is 1.41 bits per heavy atom. The molecule has 11 rings (SSSR count). The van der Waals surface area contributed by atoms with E-state index in [2.05, 4.69) is 160 Å². The lowest BCUT2D eigenvalue weighted by Crippen LogP contribution is -2.43. The predicted molar refractivity (Wildman–Crippen MR) is 190 cm³/mol. The topological polar surface area (TPSA) is 24.3 Å². The third-order valence-electron chi connectivity index (χ3n) is 10.0. The second-order valence-corrected chi connectivity index (χ2v) is 12.3. The zero-order valence-electron chi connectivity index (χ0n) is 24.8. The third kappa shape index (κ3) is 3.01. The minimum atomic E-state index is 0.0514. The van der Waals surface area contributed by atoms with Crippen molar-refractivity contribution >= 4 is 77.8 Å². The number of hydrogen-bond donors (Lipinski definition) is 0. The van der Waals surface area contributed by atoms with Crippen LogP contribution in [0.25, 0.3) is 55.0 Å². The van der Waals surface area contributed by atoms with Gasteiger partial charge in [0.25, 0.3) is 0 Å².